The van der Waals surface area contributed by atoms with Gasteiger partial charge >= 0.3 is 0 Å². The molecule has 0 fully saturated rings. The number of fused-ring (bicyclic) bond motifs is 1. The molecule has 3 aromatic rings. The Morgan fingerprint density at radius 3 is 2.85 bits per heavy atom. The molecule has 0 bridgehead atoms. The quantitative estimate of drug-likeness (QED) is 0.728. The molecule has 0 spiro atoms. The number of nitrogens with two attached hydrogens (primary N) is 1. The van der Waals surface area contributed by atoms with Gasteiger partial charge in [-0.1, -0.05) is 45.9 Å². The highest BCUT2D eigenvalue weighted by molar-refractivity contribution is 9.10. The largest absolute Gasteiger partial charge is 0.330 e. The summed E-state index contributed by atoms with van der Waals surface area (Å²) in [5.41, 5.74) is 8.03. The number of nitrogens with zero attached hydrogens (tertiary/aromatic N) is 1. The van der Waals surface area contributed by atoms with E-state index in [0.717, 1.165) is 20.7 Å². The fourth-order valence-corrected chi connectivity index (χ4v) is 4.71. The van der Waals surface area contributed by atoms with Gasteiger partial charge in [0.25, 0.3) is 0 Å². The van der Waals surface area contributed by atoms with Crippen LogP contribution in [0.25, 0.3) is 10.2 Å². The highest BCUT2D eigenvalue weighted by Gasteiger charge is 2.09. The van der Waals surface area contributed by atoms with Gasteiger partial charge in [0.2, 0.25) is 0 Å². The molecule has 2 nitrogen and oxygen atoms in total. The molecule has 0 saturated carbocycles. The third-order valence-corrected chi connectivity index (χ3v) is 5.60. The minimum absolute atomic E-state index is 0.662. The zero-order chi connectivity index (χ0) is 13.9. The van der Waals surface area contributed by atoms with E-state index >= 15 is 0 Å². The maximum atomic E-state index is 5.69. The molecule has 1 heterocycles. The zero-order valence-corrected chi connectivity index (χ0v) is 13.9. The van der Waals surface area contributed by atoms with E-state index in [1.165, 1.54) is 15.2 Å². The molecule has 102 valence electrons. The molecule has 0 saturated heterocycles. The fraction of sp³-hybridized carbons (Fsp3) is 0.133. The first-order valence-corrected chi connectivity index (χ1v) is 8.71. The number of hydrogen-bond donors (Lipinski definition) is 1. The minimum Gasteiger partial charge on any atom is -0.330 e. The number of para-hydroxylation sites is 1. The van der Waals surface area contributed by atoms with Crippen LogP contribution in [0, 0.1) is 0 Å². The van der Waals surface area contributed by atoms with E-state index in [-0.39, 0.29) is 0 Å². The normalized spacial score (nSPS) is 11.1. The average molecular weight is 365 g/mol. The predicted octanol–water partition coefficient (Wildman–Crippen LogP) is 4.71. The molecule has 5 heteroatoms. The second-order valence-electron chi connectivity index (χ2n) is 4.34. The summed E-state index contributed by atoms with van der Waals surface area (Å²) in [5, 5.41) is 0. The number of rotatable bonds is 4. The van der Waals surface area contributed by atoms with Crippen molar-refractivity contribution < 1.29 is 0 Å². The van der Waals surface area contributed by atoms with Crippen molar-refractivity contribution in [3.05, 3.63) is 52.5 Å². The van der Waals surface area contributed by atoms with Crippen LogP contribution in [0.15, 0.2) is 56.2 Å². The third kappa shape index (κ3) is 3.06. The van der Waals surface area contributed by atoms with Crippen LogP contribution in [0.3, 0.4) is 0 Å². The van der Waals surface area contributed by atoms with Crippen LogP contribution in [-0.2, 0) is 6.42 Å². The van der Waals surface area contributed by atoms with Crippen molar-refractivity contribution in [2.45, 2.75) is 15.7 Å². The third-order valence-electron chi connectivity index (χ3n) is 2.91. The summed E-state index contributed by atoms with van der Waals surface area (Å²) in [6.45, 7) is 0.662. The number of aromatic nitrogens is 1. The van der Waals surface area contributed by atoms with Gasteiger partial charge in [-0.25, -0.2) is 4.98 Å². The maximum absolute atomic E-state index is 5.69. The van der Waals surface area contributed by atoms with Gasteiger partial charge in [-0.15, -0.1) is 11.3 Å². The van der Waals surface area contributed by atoms with Crippen LogP contribution >= 0.6 is 39.0 Å². The van der Waals surface area contributed by atoms with Crippen molar-refractivity contribution in [1.29, 1.82) is 0 Å². The summed E-state index contributed by atoms with van der Waals surface area (Å²) in [5.74, 6) is 0. The molecule has 0 atom stereocenters. The first kappa shape index (κ1) is 14.1. The van der Waals surface area contributed by atoms with E-state index in [4.69, 9.17) is 5.73 Å². The molecule has 2 aromatic carbocycles. The molecule has 0 aliphatic rings. The van der Waals surface area contributed by atoms with Gasteiger partial charge in [0.1, 0.15) is 0 Å². The van der Waals surface area contributed by atoms with Gasteiger partial charge in [0.15, 0.2) is 4.34 Å². The van der Waals surface area contributed by atoms with E-state index < -0.39 is 0 Å². The van der Waals surface area contributed by atoms with Gasteiger partial charge in [-0.2, -0.15) is 0 Å². The lowest BCUT2D eigenvalue weighted by Gasteiger charge is -2.07. The maximum Gasteiger partial charge on any atom is 0.155 e. The fourth-order valence-electron chi connectivity index (χ4n) is 1.97. The minimum atomic E-state index is 0.662. The molecule has 0 unspecified atom stereocenters. The van der Waals surface area contributed by atoms with Crippen molar-refractivity contribution in [3.63, 3.8) is 0 Å². The van der Waals surface area contributed by atoms with Crippen LogP contribution in [0.4, 0.5) is 0 Å². The molecular formula is C15H13BrN2S2. The van der Waals surface area contributed by atoms with Crippen molar-refractivity contribution in [2.75, 3.05) is 6.54 Å². The van der Waals surface area contributed by atoms with Crippen LogP contribution in [0.2, 0.25) is 0 Å². The van der Waals surface area contributed by atoms with E-state index in [9.17, 15) is 0 Å². The Morgan fingerprint density at radius 2 is 2.05 bits per heavy atom. The molecule has 0 amide bonds. The number of benzene rings is 2. The van der Waals surface area contributed by atoms with E-state index in [0.29, 0.717) is 6.54 Å². The monoisotopic (exact) mass is 364 g/mol. The Hall–Kier alpha value is -0.880. The lowest BCUT2D eigenvalue weighted by Crippen LogP contribution is -2.03. The molecular weight excluding hydrogens is 352 g/mol. The average Bonchev–Trinajstić information content (AvgIpc) is 2.84. The molecule has 1 aromatic heterocycles. The zero-order valence-electron chi connectivity index (χ0n) is 10.7. The standard InChI is InChI=1S/C15H13BrN2S2/c16-11-6-5-10(7-8-17)14(9-11)20-15-18-12-3-1-2-4-13(12)19-15/h1-6,9H,7-8,17H2. The Morgan fingerprint density at radius 1 is 1.20 bits per heavy atom. The van der Waals surface area contributed by atoms with Gasteiger partial charge in [0, 0.05) is 9.37 Å². The predicted molar refractivity (Wildman–Crippen MR) is 90.6 cm³/mol. The molecule has 3 rings (SSSR count). The Kier molecular flexibility index (Phi) is 4.41. The summed E-state index contributed by atoms with van der Waals surface area (Å²) >= 11 is 6.98. The molecule has 0 aliphatic heterocycles. The van der Waals surface area contributed by atoms with Crippen LogP contribution in [0.5, 0.6) is 0 Å². The lowest BCUT2D eigenvalue weighted by atomic mass is 10.1. The Balaban J connectivity index is 1.95. The SMILES string of the molecule is NCCc1ccc(Br)cc1Sc1nc2ccccc2s1. The summed E-state index contributed by atoms with van der Waals surface area (Å²) < 4.78 is 3.38. The number of halogens is 1. The molecule has 2 N–H and O–H groups in total. The lowest BCUT2D eigenvalue weighted by molar-refractivity contribution is 0.943. The Bertz CT molecular complexity index is 707. The van der Waals surface area contributed by atoms with E-state index in [2.05, 4.69) is 51.2 Å². The Labute approximate surface area is 134 Å². The van der Waals surface area contributed by atoms with Crippen LogP contribution in [0.1, 0.15) is 5.56 Å². The van der Waals surface area contributed by atoms with Gasteiger partial charge in [-0.05, 0) is 42.8 Å². The van der Waals surface area contributed by atoms with Crippen molar-refractivity contribution in [3.8, 4) is 0 Å². The second-order valence-corrected chi connectivity index (χ2v) is 7.58. The smallest absolute Gasteiger partial charge is 0.155 e. The van der Waals surface area contributed by atoms with Gasteiger partial charge in [-0.3, -0.25) is 0 Å². The first-order valence-electron chi connectivity index (χ1n) is 6.28. The van der Waals surface area contributed by atoms with E-state index in [1.807, 2.05) is 12.1 Å². The molecule has 20 heavy (non-hydrogen) atoms. The highest BCUT2D eigenvalue weighted by Crippen LogP contribution is 2.37. The van der Waals surface area contributed by atoms with Crippen molar-refractivity contribution in [1.82, 2.24) is 4.98 Å². The first-order chi connectivity index (χ1) is 9.76. The van der Waals surface area contributed by atoms with Crippen molar-refractivity contribution >= 4 is 49.2 Å². The summed E-state index contributed by atoms with van der Waals surface area (Å²) in [4.78, 5) is 5.90. The van der Waals surface area contributed by atoms with Crippen LogP contribution in [-0.4, -0.2) is 11.5 Å². The van der Waals surface area contributed by atoms with Crippen LogP contribution < -0.4 is 5.73 Å². The van der Waals surface area contributed by atoms with Gasteiger partial charge in [0.05, 0.1) is 10.2 Å². The molecule has 0 radical (unpaired) electrons. The number of thiazole rings is 1. The summed E-state index contributed by atoms with van der Waals surface area (Å²) in [6.07, 6.45) is 0.889. The summed E-state index contributed by atoms with van der Waals surface area (Å²) in [6, 6.07) is 14.6. The number of hydrogen-bond acceptors (Lipinski definition) is 4. The summed E-state index contributed by atoms with van der Waals surface area (Å²) in [7, 11) is 0. The highest BCUT2D eigenvalue weighted by atomic mass is 79.9. The topological polar surface area (TPSA) is 38.9 Å². The van der Waals surface area contributed by atoms with Crippen molar-refractivity contribution in [2.24, 2.45) is 5.73 Å². The second kappa shape index (κ2) is 6.26. The van der Waals surface area contributed by atoms with E-state index in [1.54, 1.807) is 23.1 Å². The van der Waals surface area contributed by atoms with Gasteiger partial charge < -0.3 is 5.73 Å². The molecule has 0 aliphatic carbocycles.